The van der Waals surface area contributed by atoms with E-state index in [0.717, 1.165) is 23.1 Å². The Labute approximate surface area is 195 Å². The molecular formula is C25H33N3O5. The van der Waals surface area contributed by atoms with E-state index in [4.69, 9.17) is 19.6 Å². The average molecular weight is 456 g/mol. The summed E-state index contributed by atoms with van der Waals surface area (Å²) in [6.07, 6.45) is 9.70. The average Bonchev–Trinajstić information content (AvgIpc) is 2.82. The lowest BCUT2D eigenvalue weighted by Gasteiger charge is -2.29. The molecule has 2 N–H and O–H groups in total. The number of nitrogens with one attached hydrogen (secondary N) is 2. The van der Waals surface area contributed by atoms with Gasteiger partial charge in [-0.05, 0) is 54.7 Å². The first-order valence-corrected chi connectivity index (χ1v) is 10.9. The number of carbonyl (C=O) groups is 2. The second-order valence-corrected chi connectivity index (χ2v) is 7.52. The molecule has 0 fully saturated rings. The number of fused-ring (bicyclic) bond motifs is 1. The number of methoxy groups -OCH3 is 2. The topological polar surface area (TPSA) is 101 Å². The SMILES string of the molecule is CC\C=C(C=N)/C=C\C=C(/C)NC(=O)c1cc2c(cc1OC)CCN(C(=O)OCCOC)C2. The fraction of sp³-hybridized carbons (Fsp3) is 0.400. The fourth-order valence-corrected chi connectivity index (χ4v) is 3.39. The number of carbonyl (C=O) groups excluding carboxylic acids is 2. The Kier molecular flexibility index (Phi) is 10.4. The van der Waals surface area contributed by atoms with Crippen molar-refractivity contribution in [1.82, 2.24) is 10.2 Å². The molecule has 1 aliphatic rings. The second-order valence-electron chi connectivity index (χ2n) is 7.52. The minimum atomic E-state index is -0.397. The number of nitrogens with zero attached hydrogens (tertiary/aromatic N) is 1. The molecule has 178 valence electrons. The lowest BCUT2D eigenvalue weighted by Crippen LogP contribution is -2.37. The van der Waals surface area contributed by atoms with E-state index in [0.29, 0.717) is 43.1 Å². The van der Waals surface area contributed by atoms with Crippen LogP contribution < -0.4 is 10.1 Å². The highest BCUT2D eigenvalue weighted by Gasteiger charge is 2.25. The van der Waals surface area contributed by atoms with Crippen LogP contribution in [0.2, 0.25) is 0 Å². The van der Waals surface area contributed by atoms with Crippen LogP contribution in [0, 0.1) is 5.41 Å². The Hall–Kier alpha value is -3.39. The molecule has 1 aromatic rings. The first-order valence-electron chi connectivity index (χ1n) is 10.9. The van der Waals surface area contributed by atoms with E-state index >= 15 is 0 Å². The maximum Gasteiger partial charge on any atom is 0.410 e. The van der Waals surface area contributed by atoms with Crippen LogP contribution >= 0.6 is 0 Å². The monoisotopic (exact) mass is 455 g/mol. The van der Waals surface area contributed by atoms with Crippen LogP contribution in [0.4, 0.5) is 4.79 Å². The van der Waals surface area contributed by atoms with Crippen LogP contribution in [0.5, 0.6) is 5.75 Å². The zero-order valence-corrected chi connectivity index (χ0v) is 19.8. The standard InChI is InChI=1S/C25H33N3O5/c1-5-7-19(16-26)9-6-8-18(2)27-24(29)22-14-21-17-28(25(30)33-13-12-31-3)11-10-20(21)15-23(22)32-4/h6-9,14-16,26H,5,10-13,17H2,1-4H3,(H,27,29)/b9-6-,18-8+,19-7+,26-16?. The summed E-state index contributed by atoms with van der Waals surface area (Å²) in [5.74, 6) is 0.190. The largest absolute Gasteiger partial charge is 0.496 e. The van der Waals surface area contributed by atoms with E-state index in [1.807, 2.05) is 25.1 Å². The molecule has 1 aromatic carbocycles. The van der Waals surface area contributed by atoms with Crippen molar-refractivity contribution in [1.29, 1.82) is 5.41 Å². The lowest BCUT2D eigenvalue weighted by molar-refractivity contribution is 0.0688. The molecule has 0 aromatic heterocycles. The Morgan fingerprint density at radius 1 is 1.21 bits per heavy atom. The maximum atomic E-state index is 12.9. The number of hydrogen-bond donors (Lipinski definition) is 2. The second kappa shape index (κ2) is 13.2. The molecule has 2 rings (SSSR count). The minimum Gasteiger partial charge on any atom is -0.496 e. The zero-order chi connectivity index (χ0) is 24.2. The van der Waals surface area contributed by atoms with Crippen molar-refractivity contribution in [3.63, 3.8) is 0 Å². The highest BCUT2D eigenvalue weighted by atomic mass is 16.6. The quantitative estimate of drug-likeness (QED) is 0.315. The van der Waals surface area contributed by atoms with Crippen LogP contribution in [0.15, 0.2) is 47.7 Å². The normalized spacial score (nSPS) is 14.1. The molecule has 8 heteroatoms. The summed E-state index contributed by atoms with van der Waals surface area (Å²) in [7, 11) is 3.08. The van der Waals surface area contributed by atoms with Crippen LogP contribution in [0.1, 0.15) is 41.8 Å². The highest BCUT2D eigenvalue weighted by Crippen LogP contribution is 2.28. The Balaban J connectivity index is 2.14. The van der Waals surface area contributed by atoms with E-state index in [9.17, 15) is 9.59 Å². The number of hydrogen-bond acceptors (Lipinski definition) is 6. The van der Waals surface area contributed by atoms with Gasteiger partial charge in [0, 0.05) is 32.1 Å². The minimum absolute atomic E-state index is 0.199. The molecule has 8 nitrogen and oxygen atoms in total. The molecule has 0 spiro atoms. The third kappa shape index (κ3) is 7.61. The Morgan fingerprint density at radius 2 is 2.00 bits per heavy atom. The number of rotatable bonds is 10. The molecule has 0 unspecified atom stereocenters. The van der Waals surface area contributed by atoms with Gasteiger partial charge in [-0.3, -0.25) is 4.79 Å². The van der Waals surface area contributed by atoms with Gasteiger partial charge in [0.1, 0.15) is 12.4 Å². The van der Waals surface area contributed by atoms with E-state index < -0.39 is 6.09 Å². The van der Waals surface area contributed by atoms with E-state index in [1.165, 1.54) is 13.3 Å². The number of allylic oxidation sites excluding steroid dienone is 6. The number of amides is 2. The molecule has 0 saturated carbocycles. The van der Waals surface area contributed by atoms with Gasteiger partial charge >= 0.3 is 6.09 Å². The van der Waals surface area contributed by atoms with Gasteiger partial charge in [-0.25, -0.2) is 4.79 Å². The molecule has 2 amide bonds. The van der Waals surface area contributed by atoms with Crippen molar-refractivity contribution in [3.05, 3.63) is 64.4 Å². The molecule has 0 bridgehead atoms. The van der Waals surface area contributed by atoms with E-state index in [2.05, 4.69) is 5.32 Å². The lowest BCUT2D eigenvalue weighted by atomic mass is 9.96. The molecule has 1 aliphatic heterocycles. The van der Waals surface area contributed by atoms with Crippen molar-refractivity contribution in [3.8, 4) is 5.75 Å². The first-order chi connectivity index (χ1) is 15.9. The zero-order valence-electron chi connectivity index (χ0n) is 19.8. The smallest absolute Gasteiger partial charge is 0.410 e. The van der Waals surface area contributed by atoms with Crippen molar-refractivity contribution in [2.24, 2.45) is 0 Å². The summed E-state index contributed by atoms with van der Waals surface area (Å²) in [5, 5.41) is 10.3. The molecule has 1 heterocycles. The van der Waals surface area contributed by atoms with Crippen molar-refractivity contribution in [2.75, 3.05) is 34.0 Å². The molecule has 0 aliphatic carbocycles. The van der Waals surface area contributed by atoms with Crippen LogP contribution in [0.25, 0.3) is 0 Å². The van der Waals surface area contributed by atoms with Gasteiger partial charge < -0.3 is 29.8 Å². The maximum absolute atomic E-state index is 12.9. The Morgan fingerprint density at radius 3 is 2.67 bits per heavy atom. The van der Waals surface area contributed by atoms with Gasteiger partial charge in [-0.2, -0.15) is 0 Å². The van der Waals surface area contributed by atoms with Crippen LogP contribution in [-0.2, 0) is 22.4 Å². The Bertz CT molecular complexity index is 950. The van der Waals surface area contributed by atoms with Gasteiger partial charge in [-0.1, -0.05) is 25.2 Å². The van der Waals surface area contributed by atoms with Gasteiger partial charge in [0.2, 0.25) is 0 Å². The summed E-state index contributed by atoms with van der Waals surface area (Å²) < 4.78 is 15.6. The highest BCUT2D eigenvalue weighted by molar-refractivity contribution is 5.98. The summed E-state index contributed by atoms with van der Waals surface area (Å²) in [6, 6.07) is 3.64. The van der Waals surface area contributed by atoms with Gasteiger partial charge in [0.25, 0.3) is 5.91 Å². The number of ether oxygens (including phenoxy) is 3. The third-order valence-electron chi connectivity index (χ3n) is 5.10. The molecule has 0 atom stereocenters. The summed E-state index contributed by atoms with van der Waals surface area (Å²) >= 11 is 0. The van der Waals surface area contributed by atoms with Crippen molar-refractivity contribution >= 4 is 18.2 Å². The van der Waals surface area contributed by atoms with Gasteiger partial charge in [-0.15, -0.1) is 0 Å². The van der Waals surface area contributed by atoms with Gasteiger partial charge in [0.05, 0.1) is 19.3 Å². The molecule has 0 saturated heterocycles. The predicted octanol–water partition coefficient (Wildman–Crippen LogP) is 4.01. The van der Waals surface area contributed by atoms with Crippen molar-refractivity contribution < 1.29 is 23.8 Å². The first kappa shape index (κ1) is 25.9. The van der Waals surface area contributed by atoms with Crippen LogP contribution in [-0.4, -0.2) is 57.1 Å². The van der Waals surface area contributed by atoms with E-state index in [-0.39, 0.29) is 12.5 Å². The number of benzene rings is 1. The molecular weight excluding hydrogens is 422 g/mol. The molecule has 33 heavy (non-hydrogen) atoms. The van der Waals surface area contributed by atoms with Gasteiger partial charge in [0.15, 0.2) is 0 Å². The summed E-state index contributed by atoms with van der Waals surface area (Å²) in [4.78, 5) is 26.9. The van der Waals surface area contributed by atoms with E-state index in [1.54, 1.807) is 37.2 Å². The molecule has 0 radical (unpaired) electrons. The van der Waals surface area contributed by atoms with Crippen molar-refractivity contribution in [2.45, 2.75) is 33.2 Å². The fourth-order valence-electron chi connectivity index (χ4n) is 3.39. The van der Waals surface area contributed by atoms with Crippen LogP contribution in [0.3, 0.4) is 0 Å². The summed E-state index contributed by atoms with van der Waals surface area (Å²) in [6.45, 7) is 5.24. The predicted molar refractivity (Wildman–Crippen MR) is 128 cm³/mol. The third-order valence-corrected chi connectivity index (χ3v) is 5.10. The summed E-state index contributed by atoms with van der Waals surface area (Å²) in [5.41, 5.74) is 3.78.